The van der Waals surface area contributed by atoms with Gasteiger partial charge in [-0.05, 0) is 161 Å². The van der Waals surface area contributed by atoms with Gasteiger partial charge in [-0.2, -0.15) is 0 Å². The van der Waals surface area contributed by atoms with Crippen LogP contribution in [0.25, 0.3) is 0 Å². The first-order valence-electron chi connectivity index (χ1n) is 54.1. The number of hydrogen-bond donors (Lipinski definition) is 4. The van der Waals surface area contributed by atoms with Gasteiger partial charge in [0.2, 0.25) is 0 Å². The van der Waals surface area contributed by atoms with Crippen LogP contribution < -0.4 is 0 Å². The zero-order chi connectivity index (χ0) is 96.4. The minimum absolute atomic E-state index is 0.0986. The quantitative estimate of drug-likeness (QED) is 0.0146. The second-order valence-corrected chi connectivity index (χ2v) is 38.9. The molecular formula is C115H198O16P2. The zero-order valence-electron chi connectivity index (χ0n) is 84.9. The average molecular weight is 1900 g/mol. The third kappa shape index (κ3) is 107. The molecule has 0 aliphatic carbocycles. The van der Waals surface area contributed by atoms with Crippen LogP contribution in [0.5, 0.6) is 0 Å². The standard InChI is InChI=1S/C115H198O16P2/c1-4-7-10-13-16-19-22-25-28-31-34-37-40-43-46-48-50-52-54-56-58-60-63-65-68-71-74-77-80-83-86-89-92-95-98-101-113(118)125-104-110(116)105-127-132(121,122)128-106-111(117)107-129-133(123,124)130-109-112(131-115(120)103-100-97-94-91-88-85-82-79-76-73-70-67-62-45-42-39-36-33-30-27-24-21-18-15-12-9-6-3)108-126-114(119)102-99-96-93-90-87-84-81-78-75-72-69-66-64-61-59-57-55-53-51-49-47-44-41-38-35-32-29-26-23-20-17-14-11-8-5-2/h7,9-10,12,16-21,25-30,34-39,43-47,50,52,62,110-112,116-117H,4-6,8,11,13-15,22-24,31-33,40-42,48-49,51,53-61,63-109H2,1-3H3,(H,121,122)(H,123,124)/b10-7-,12-9-,19-16-,20-17-,21-18-,28-25-,29-26-,30-27-,37-34-,38-35-,39-36-,46-43-,47-44-,52-50-,62-45-. The number of unbranched alkanes of at least 4 members (excludes halogenated alkanes) is 49. The summed E-state index contributed by atoms with van der Waals surface area (Å²) in [5.74, 6) is -1.56. The molecule has 5 unspecified atom stereocenters. The molecule has 16 nitrogen and oxygen atoms in total. The molecule has 0 saturated heterocycles. The molecule has 18 heteroatoms. The van der Waals surface area contributed by atoms with Crippen LogP contribution in [-0.4, -0.2) is 95.9 Å². The Morgan fingerprint density at radius 3 is 0.632 bits per heavy atom. The molecule has 0 aromatic carbocycles. The van der Waals surface area contributed by atoms with E-state index in [9.17, 15) is 43.5 Å². The van der Waals surface area contributed by atoms with Crippen LogP contribution >= 0.6 is 15.6 Å². The van der Waals surface area contributed by atoms with Gasteiger partial charge in [-0.1, -0.05) is 473 Å². The van der Waals surface area contributed by atoms with Gasteiger partial charge in [-0.3, -0.25) is 32.5 Å². The van der Waals surface area contributed by atoms with Crippen LogP contribution in [-0.2, 0) is 55.8 Å². The summed E-state index contributed by atoms with van der Waals surface area (Å²) in [6.07, 6.45) is 141. The molecular weight excluding hydrogens is 1700 g/mol. The summed E-state index contributed by atoms with van der Waals surface area (Å²) in [6.45, 7) is 2.51. The molecule has 0 aromatic heterocycles. The van der Waals surface area contributed by atoms with Crippen molar-refractivity contribution in [2.45, 2.75) is 489 Å². The van der Waals surface area contributed by atoms with E-state index in [4.69, 9.17) is 32.3 Å². The van der Waals surface area contributed by atoms with Gasteiger partial charge in [0.15, 0.2) is 6.10 Å². The van der Waals surface area contributed by atoms with Gasteiger partial charge < -0.3 is 34.2 Å². The van der Waals surface area contributed by atoms with Crippen molar-refractivity contribution < 1.29 is 75.8 Å². The van der Waals surface area contributed by atoms with Crippen molar-refractivity contribution >= 4 is 33.6 Å². The van der Waals surface area contributed by atoms with E-state index in [2.05, 4.69) is 203 Å². The second-order valence-electron chi connectivity index (χ2n) is 36.0. The molecule has 0 fully saturated rings. The summed E-state index contributed by atoms with van der Waals surface area (Å²) in [5, 5.41) is 20.8. The SMILES string of the molecule is CC/C=C\C/C=C\C/C=C\C/C=C\C/C=C\C/C=C\CCCCCCCCCCCCCCCCCCC(=O)OCC(O)COP(=O)(O)OCC(O)COP(=O)(O)OCC(COC(=O)CCCCCCCCCCCCCCCCCCCCC/C=C\C/C=C\C/C=C\C/C=C\CCCCC)OC(=O)CCCCCCCCCCCCC/C=C\C/C=C\C/C=C\C/C=C\C/C=C\CC. The van der Waals surface area contributed by atoms with Crippen LogP contribution in [0.4, 0.5) is 0 Å². The molecule has 0 radical (unpaired) electrons. The minimum atomic E-state index is -4.95. The summed E-state index contributed by atoms with van der Waals surface area (Å²) in [7, 11) is -9.82. The maximum absolute atomic E-state index is 13.1. The summed E-state index contributed by atoms with van der Waals surface area (Å²) >= 11 is 0. The summed E-state index contributed by atoms with van der Waals surface area (Å²) < 4.78 is 61.8. The molecule has 133 heavy (non-hydrogen) atoms. The van der Waals surface area contributed by atoms with Gasteiger partial charge in [-0.25, -0.2) is 9.13 Å². The highest BCUT2D eigenvalue weighted by Crippen LogP contribution is 2.45. The van der Waals surface area contributed by atoms with Gasteiger partial charge in [0.05, 0.1) is 26.4 Å². The molecule has 4 N–H and O–H groups in total. The van der Waals surface area contributed by atoms with Gasteiger partial charge >= 0.3 is 33.6 Å². The van der Waals surface area contributed by atoms with Crippen molar-refractivity contribution in [3.05, 3.63) is 182 Å². The third-order valence-electron chi connectivity index (χ3n) is 23.1. The lowest BCUT2D eigenvalue weighted by molar-refractivity contribution is -0.161. The predicted octanol–water partition coefficient (Wildman–Crippen LogP) is 34.7. The number of rotatable bonds is 102. The number of ether oxygens (including phenoxy) is 3. The molecule has 0 spiro atoms. The van der Waals surface area contributed by atoms with Crippen LogP contribution in [0.3, 0.4) is 0 Å². The van der Waals surface area contributed by atoms with E-state index in [1.807, 2.05) is 0 Å². The fraction of sp³-hybridized carbons (Fsp3) is 0.713. The third-order valence-corrected chi connectivity index (χ3v) is 25.0. The highest BCUT2D eigenvalue weighted by Gasteiger charge is 2.30. The highest BCUT2D eigenvalue weighted by atomic mass is 31.2. The lowest BCUT2D eigenvalue weighted by Crippen LogP contribution is -2.30. The van der Waals surface area contributed by atoms with Crippen molar-refractivity contribution in [2.75, 3.05) is 39.6 Å². The minimum Gasteiger partial charge on any atom is -0.463 e. The zero-order valence-corrected chi connectivity index (χ0v) is 86.7. The Morgan fingerprint density at radius 1 is 0.218 bits per heavy atom. The lowest BCUT2D eigenvalue weighted by Gasteiger charge is -2.21. The Bertz CT molecular complexity index is 3150. The fourth-order valence-corrected chi connectivity index (χ4v) is 16.6. The Kier molecular flexibility index (Phi) is 101. The first-order chi connectivity index (χ1) is 65.2. The normalized spacial score (nSPS) is 14.3. The van der Waals surface area contributed by atoms with Crippen molar-refractivity contribution in [1.82, 2.24) is 0 Å². The molecule has 0 saturated carbocycles. The number of allylic oxidation sites excluding steroid dienone is 30. The highest BCUT2D eigenvalue weighted by molar-refractivity contribution is 7.47. The number of hydrogen-bond acceptors (Lipinski definition) is 14. The van der Waals surface area contributed by atoms with Gasteiger partial charge in [0.1, 0.15) is 25.4 Å². The molecule has 0 heterocycles. The summed E-state index contributed by atoms with van der Waals surface area (Å²) in [6, 6.07) is 0. The smallest absolute Gasteiger partial charge is 0.463 e. The van der Waals surface area contributed by atoms with Crippen molar-refractivity contribution in [2.24, 2.45) is 0 Å². The fourth-order valence-electron chi connectivity index (χ4n) is 15.0. The van der Waals surface area contributed by atoms with Gasteiger partial charge in [-0.15, -0.1) is 0 Å². The predicted molar refractivity (Wildman–Crippen MR) is 565 cm³/mol. The maximum Gasteiger partial charge on any atom is 0.472 e. The largest absolute Gasteiger partial charge is 0.472 e. The number of esters is 3. The number of phosphoric ester groups is 2. The van der Waals surface area contributed by atoms with Crippen LogP contribution in [0.15, 0.2) is 182 Å². The number of carbonyl (C=O) groups excluding carboxylic acids is 3. The Balaban J connectivity index is 4.58. The van der Waals surface area contributed by atoms with Gasteiger partial charge in [0.25, 0.3) is 0 Å². The monoisotopic (exact) mass is 1900 g/mol. The number of phosphoric acid groups is 2. The van der Waals surface area contributed by atoms with Crippen molar-refractivity contribution in [3.63, 3.8) is 0 Å². The number of aliphatic hydroxyl groups excluding tert-OH is 2. The molecule has 764 valence electrons. The van der Waals surface area contributed by atoms with Gasteiger partial charge in [0, 0.05) is 19.3 Å². The first kappa shape index (κ1) is 128. The first-order valence-corrected chi connectivity index (χ1v) is 57.1. The molecule has 0 amide bonds. The molecule has 0 aromatic rings. The van der Waals surface area contributed by atoms with Crippen LogP contribution in [0.1, 0.15) is 470 Å². The van der Waals surface area contributed by atoms with E-state index in [1.54, 1.807) is 0 Å². The van der Waals surface area contributed by atoms with E-state index in [1.165, 1.54) is 250 Å². The molecule has 5 atom stereocenters. The summed E-state index contributed by atoms with van der Waals surface area (Å²) in [4.78, 5) is 59.3. The number of carbonyl (C=O) groups is 3. The Morgan fingerprint density at radius 2 is 0.398 bits per heavy atom. The van der Waals surface area contributed by atoms with E-state index < -0.39 is 91.5 Å². The topological polar surface area (TPSA) is 231 Å². The molecule has 0 aliphatic heterocycles. The molecule has 0 bridgehead atoms. The lowest BCUT2D eigenvalue weighted by atomic mass is 10.0. The van der Waals surface area contributed by atoms with E-state index in [0.29, 0.717) is 19.3 Å². The van der Waals surface area contributed by atoms with Crippen molar-refractivity contribution in [3.8, 4) is 0 Å². The Labute approximate surface area is 815 Å². The second kappa shape index (κ2) is 106. The summed E-state index contributed by atoms with van der Waals surface area (Å²) in [5.41, 5.74) is 0. The Hall–Kier alpha value is -5.35. The maximum atomic E-state index is 13.1. The van der Waals surface area contributed by atoms with Crippen LogP contribution in [0, 0.1) is 0 Å². The molecule has 0 rings (SSSR count). The average Bonchev–Trinajstić information content (AvgIpc) is 0.896. The van der Waals surface area contributed by atoms with E-state index in [-0.39, 0.29) is 19.3 Å². The van der Waals surface area contributed by atoms with Crippen LogP contribution in [0.2, 0.25) is 0 Å². The number of aliphatic hydroxyl groups is 2. The molecule has 0 aliphatic rings. The van der Waals surface area contributed by atoms with Crippen molar-refractivity contribution in [1.29, 1.82) is 0 Å². The van der Waals surface area contributed by atoms with E-state index in [0.717, 1.165) is 161 Å². The van der Waals surface area contributed by atoms with E-state index >= 15 is 0 Å².